The van der Waals surface area contributed by atoms with E-state index in [1.54, 1.807) is 0 Å². The molecular weight excluding hydrogens is 230 g/mol. The Bertz CT molecular complexity index is 154. The predicted octanol–water partition coefficient (Wildman–Crippen LogP) is 1.03. The maximum Gasteiger partial charge on any atom is 0.0704 e. The molecule has 0 aliphatic carbocycles. The molecule has 0 aromatic carbocycles. The van der Waals surface area contributed by atoms with Gasteiger partial charge in [-0.1, -0.05) is 0 Å². The van der Waals surface area contributed by atoms with Crippen LogP contribution in [-0.4, -0.2) is 58.1 Å². The molecule has 1 fully saturated rings. The number of piperidine rings is 1. The lowest BCUT2D eigenvalue weighted by molar-refractivity contribution is -0.0186. The van der Waals surface area contributed by atoms with Crippen molar-refractivity contribution in [2.75, 3.05) is 52.0 Å². The highest BCUT2D eigenvalue weighted by Gasteiger charge is 2.12. The van der Waals surface area contributed by atoms with Crippen LogP contribution in [0.2, 0.25) is 0 Å². The molecule has 1 heterocycles. The maximum absolute atomic E-state index is 5.68. The van der Waals surface area contributed by atoms with Crippen LogP contribution in [0, 0.1) is 0 Å². The van der Waals surface area contributed by atoms with Gasteiger partial charge in [0.2, 0.25) is 0 Å². The van der Waals surface area contributed by atoms with E-state index >= 15 is 0 Å². The predicted molar refractivity (Wildman–Crippen MR) is 64.2 cm³/mol. The molecule has 0 aromatic rings. The van der Waals surface area contributed by atoms with Crippen LogP contribution in [0.3, 0.4) is 0 Å². The Morgan fingerprint density at radius 2 is 1.56 bits per heavy atom. The highest BCUT2D eigenvalue weighted by molar-refractivity contribution is 6.17. The first-order valence-corrected chi connectivity index (χ1v) is 6.50. The Morgan fingerprint density at radius 1 is 0.938 bits per heavy atom. The van der Waals surface area contributed by atoms with Crippen molar-refractivity contribution in [1.29, 1.82) is 0 Å². The van der Waals surface area contributed by atoms with Crippen molar-refractivity contribution < 1.29 is 14.2 Å². The van der Waals surface area contributed by atoms with Gasteiger partial charge in [0.1, 0.15) is 0 Å². The molecule has 1 aliphatic rings. The van der Waals surface area contributed by atoms with Crippen molar-refractivity contribution in [3.05, 3.63) is 0 Å². The van der Waals surface area contributed by atoms with Gasteiger partial charge in [0.25, 0.3) is 0 Å². The minimum absolute atomic E-state index is 0.414. The smallest absolute Gasteiger partial charge is 0.0704 e. The van der Waals surface area contributed by atoms with Crippen LogP contribution in [0.1, 0.15) is 12.8 Å². The molecule has 1 saturated heterocycles. The third-order valence-corrected chi connectivity index (χ3v) is 2.62. The van der Waals surface area contributed by atoms with Gasteiger partial charge in [-0.25, -0.2) is 0 Å². The van der Waals surface area contributed by atoms with E-state index in [2.05, 4.69) is 5.32 Å². The minimum Gasteiger partial charge on any atom is -0.378 e. The van der Waals surface area contributed by atoms with E-state index < -0.39 is 0 Å². The number of ether oxygens (including phenoxy) is 3. The normalized spacial score (nSPS) is 17.8. The number of hydrogen-bond acceptors (Lipinski definition) is 4. The van der Waals surface area contributed by atoms with E-state index in [1.807, 2.05) is 0 Å². The summed E-state index contributed by atoms with van der Waals surface area (Å²) < 4.78 is 16.2. The largest absolute Gasteiger partial charge is 0.378 e. The van der Waals surface area contributed by atoms with Crippen LogP contribution in [0.15, 0.2) is 0 Å². The second-order valence-corrected chi connectivity index (χ2v) is 4.11. The van der Waals surface area contributed by atoms with E-state index in [-0.39, 0.29) is 0 Å². The van der Waals surface area contributed by atoms with Gasteiger partial charge < -0.3 is 19.5 Å². The van der Waals surface area contributed by atoms with Gasteiger partial charge in [-0.15, -0.1) is 11.6 Å². The van der Waals surface area contributed by atoms with Crippen LogP contribution in [0.5, 0.6) is 0 Å². The average molecular weight is 252 g/mol. The monoisotopic (exact) mass is 251 g/mol. The first-order chi connectivity index (χ1) is 7.93. The van der Waals surface area contributed by atoms with Crippen LogP contribution in [0.4, 0.5) is 0 Å². The first-order valence-electron chi connectivity index (χ1n) is 5.97. The number of rotatable bonds is 9. The first kappa shape index (κ1) is 14.2. The van der Waals surface area contributed by atoms with Gasteiger partial charge in [0.15, 0.2) is 0 Å². The van der Waals surface area contributed by atoms with Crippen LogP contribution >= 0.6 is 11.6 Å². The molecule has 0 spiro atoms. The van der Waals surface area contributed by atoms with E-state index in [0.29, 0.717) is 45.0 Å². The van der Waals surface area contributed by atoms with Gasteiger partial charge >= 0.3 is 0 Å². The number of hydrogen-bond donors (Lipinski definition) is 1. The van der Waals surface area contributed by atoms with Gasteiger partial charge in [-0.05, 0) is 25.9 Å². The van der Waals surface area contributed by atoms with Crippen molar-refractivity contribution >= 4 is 11.6 Å². The molecule has 16 heavy (non-hydrogen) atoms. The Balaban J connectivity index is 1.77. The molecule has 0 unspecified atom stereocenters. The van der Waals surface area contributed by atoms with Gasteiger partial charge in [0.05, 0.1) is 39.1 Å². The van der Waals surface area contributed by atoms with Gasteiger partial charge in [0, 0.05) is 5.88 Å². The Labute approximate surface area is 103 Å². The lowest BCUT2D eigenvalue weighted by atomic mass is 10.1. The summed E-state index contributed by atoms with van der Waals surface area (Å²) in [6.45, 7) is 5.28. The van der Waals surface area contributed by atoms with Gasteiger partial charge in [-0.2, -0.15) is 0 Å². The lowest BCUT2D eigenvalue weighted by Gasteiger charge is -2.22. The van der Waals surface area contributed by atoms with Crippen molar-refractivity contribution in [3.8, 4) is 0 Å². The fourth-order valence-corrected chi connectivity index (χ4v) is 1.72. The third kappa shape index (κ3) is 7.41. The molecule has 5 heteroatoms. The summed E-state index contributed by atoms with van der Waals surface area (Å²) in [7, 11) is 0. The second-order valence-electron chi connectivity index (χ2n) is 3.73. The summed E-state index contributed by atoms with van der Waals surface area (Å²) in [6, 6.07) is 0. The van der Waals surface area contributed by atoms with E-state index in [0.717, 1.165) is 25.9 Å². The van der Waals surface area contributed by atoms with E-state index in [4.69, 9.17) is 25.8 Å². The topological polar surface area (TPSA) is 39.7 Å². The fourth-order valence-electron chi connectivity index (χ4n) is 1.61. The highest BCUT2D eigenvalue weighted by atomic mass is 35.5. The molecule has 0 bridgehead atoms. The van der Waals surface area contributed by atoms with Crippen molar-refractivity contribution in [1.82, 2.24) is 5.32 Å². The van der Waals surface area contributed by atoms with Crippen molar-refractivity contribution in [2.24, 2.45) is 0 Å². The van der Waals surface area contributed by atoms with Crippen molar-refractivity contribution in [2.45, 2.75) is 18.9 Å². The van der Waals surface area contributed by atoms with Crippen LogP contribution in [-0.2, 0) is 14.2 Å². The van der Waals surface area contributed by atoms with E-state index in [1.165, 1.54) is 0 Å². The molecule has 96 valence electrons. The number of alkyl halides is 1. The SMILES string of the molecule is ClCCOCCOCCOC1CCNCC1. The molecule has 0 amide bonds. The standard InChI is InChI=1S/C11H22ClNO3/c12-3-6-14-7-8-15-9-10-16-11-1-4-13-5-2-11/h11,13H,1-10H2. The second kappa shape index (κ2) is 10.3. The zero-order chi connectivity index (χ0) is 11.5. The van der Waals surface area contributed by atoms with Crippen LogP contribution < -0.4 is 5.32 Å². The number of nitrogens with one attached hydrogen (secondary N) is 1. The zero-order valence-electron chi connectivity index (χ0n) is 9.75. The summed E-state index contributed by atoms with van der Waals surface area (Å²) in [5, 5.41) is 3.31. The zero-order valence-corrected chi connectivity index (χ0v) is 10.5. The third-order valence-electron chi connectivity index (χ3n) is 2.46. The summed E-state index contributed by atoms with van der Waals surface area (Å²) in [6.07, 6.45) is 2.63. The molecule has 0 atom stereocenters. The maximum atomic E-state index is 5.68. The minimum atomic E-state index is 0.414. The molecule has 1 N–H and O–H groups in total. The Hall–Kier alpha value is 0.130. The fraction of sp³-hybridized carbons (Fsp3) is 1.00. The summed E-state index contributed by atoms with van der Waals surface area (Å²) in [5.74, 6) is 0.541. The average Bonchev–Trinajstić information content (AvgIpc) is 2.34. The van der Waals surface area contributed by atoms with Gasteiger partial charge in [-0.3, -0.25) is 0 Å². The molecule has 1 aliphatic heterocycles. The molecule has 4 nitrogen and oxygen atoms in total. The molecule has 0 saturated carbocycles. The molecule has 1 rings (SSSR count). The van der Waals surface area contributed by atoms with Crippen LogP contribution in [0.25, 0.3) is 0 Å². The lowest BCUT2D eigenvalue weighted by Crippen LogP contribution is -2.33. The van der Waals surface area contributed by atoms with Crippen molar-refractivity contribution in [3.63, 3.8) is 0 Å². The molecular formula is C11H22ClNO3. The quantitative estimate of drug-likeness (QED) is 0.491. The molecule has 0 aromatic heterocycles. The Kier molecular flexibility index (Phi) is 9.13. The molecule has 0 radical (unpaired) electrons. The summed E-state index contributed by atoms with van der Waals surface area (Å²) in [5.41, 5.74) is 0. The number of halogens is 1. The Morgan fingerprint density at radius 3 is 2.25 bits per heavy atom. The summed E-state index contributed by atoms with van der Waals surface area (Å²) >= 11 is 5.46. The highest BCUT2D eigenvalue weighted by Crippen LogP contribution is 2.06. The summed E-state index contributed by atoms with van der Waals surface area (Å²) in [4.78, 5) is 0. The van der Waals surface area contributed by atoms with E-state index in [9.17, 15) is 0 Å².